The SMILES string of the molecule is CCCCCCCCCCCC(=O)N[C@@H](CCCN=C(N)N)C(=O)N[C@@H](CCCN=C(N)N)C(=O)N[C@@H](CCCN=C(N)N)C(=O)N[C@@H](CCCN=C(N)N)C(=O)N[C@@H](CCCN=C(N)N)C(=O)N[C@@H](CCCN=C(N)N)C(N)=O. The molecule has 0 aromatic rings. The van der Waals surface area contributed by atoms with Crippen LogP contribution in [0.15, 0.2) is 30.0 Å². The van der Waals surface area contributed by atoms with Crippen molar-refractivity contribution in [1.82, 2.24) is 31.9 Å². The number of nitrogens with zero attached hydrogens (tertiary/aromatic N) is 6. The molecule has 0 aromatic carbocycles. The van der Waals surface area contributed by atoms with Crippen molar-refractivity contribution in [2.75, 3.05) is 39.3 Å². The second-order valence-electron chi connectivity index (χ2n) is 19.1. The molecule has 0 rings (SSSR count). The summed E-state index contributed by atoms with van der Waals surface area (Å²) < 4.78 is 0. The first-order valence-corrected chi connectivity index (χ1v) is 27.4. The molecule has 7 amide bonds. The summed E-state index contributed by atoms with van der Waals surface area (Å²) in [7, 11) is 0. The monoisotopic (exact) mass is 1140 g/mol. The predicted molar refractivity (Wildman–Crippen MR) is 312 cm³/mol. The molecule has 0 spiro atoms. The number of carbonyl (C=O) groups excluding carboxylic acids is 7. The zero-order valence-corrected chi connectivity index (χ0v) is 46.8. The molecule has 0 bridgehead atoms. The number of nitrogens with one attached hydrogen (secondary N) is 6. The molecule has 0 aromatic heterocycles. The van der Waals surface area contributed by atoms with Gasteiger partial charge in [0, 0.05) is 45.7 Å². The van der Waals surface area contributed by atoms with Gasteiger partial charge in [-0.2, -0.15) is 0 Å². The highest BCUT2D eigenvalue weighted by molar-refractivity contribution is 5.97. The van der Waals surface area contributed by atoms with Crippen molar-refractivity contribution in [2.24, 2.45) is 104 Å². The Hall–Kier alpha value is -8.09. The lowest BCUT2D eigenvalue weighted by atomic mass is 10.0. The Morgan fingerprint density at radius 1 is 0.287 bits per heavy atom. The van der Waals surface area contributed by atoms with Crippen LogP contribution >= 0.6 is 0 Å². The van der Waals surface area contributed by atoms with Crippen LogP contribution in [-0.2, 0) is 33.6 Å². The van der Waals surface area contributed by atoms with Gasteiger partial charge >= 0.3 is 0 Å². The lowest BCUT2D eigenvalue weighted by Crippen LogP contribution is -2.59. The second-order valence-corrected chi connectivity index (χ2v) is 19.1. The van der Waals surface area contributed by atoms with E-state index in [-0.39, 0.29) is 164 Å². The standard InChI is InChI=1S/C48H97N25O7/c1-2-3-4-5-6-7-8-9-10-23-36(74)68-31(18-12-25-63-44(52)53)38(76)70-33(20-14-27-65-46(56)57)40(78)72-35(22-16-29-67-48(60)61)42(80)73-34(21-15-28-66-47(58)59)41(79)71-32(19-13-26-64-45(54)55)39(77)69-30(37(49)75)17-11-24-62-43(50)51/h30-35H,2-29H2,1H3,(H2,49,75)(H,68,74)(H,69,77)(H,70,76)(H,71,79)(H,72,78)(H,73,80)(H4,50,51,62)(H4,52,53,63)(H4,54,55,64)(H4,56,57,65)(H4,58,59,66)(H4,60,61,67)/t30-,31-,32-,33-,34-,35-/m0/s1. The third kappa shape index (κ3) is 38.5. The minimum Gasteiger partial charge on any atom is -0.370 e. The minimum atomic E-state index is -1.40. The van der Waals surface area contributed by atoms with E-state index < -0.39 is 71.7 Å². The van der Waals surface area contributed by atoms with E-state index in [0.29, 0.717) is 6.42 Å². The van der Waals surface area contributed by atoms with Gasteiger partial charge in [0.25, 0.3) is 0 Å². The van der Waals surface area contributed by atoms with Gasteiger partial charge in [0.05, 0.1) is 0 Å². The van der Waals surface area contributed by atoms with E-state index in [1.54, 1.807) is 0 Å². The number of primary amides is 1. The average molecular weight is 1140 g/mol. The molecule has 0 unspecified atom stereocenters. The van der Waals surface area contributed by atoms with E-state index in [1.165, 1.54) is 25.7 Å². The zero-order chi connectivity index (χ0) is 60.3. The molecule has 80 heavy (non-hydrogen) atoms. The number of amides is 7. The van der Waals surface area contributed by atoms with Gasteiger partial charge in [-0.1, -0.05) is 58.3 Å². The number of hydrogen-bond donors (Lipinski definition) is 19. The summed E-state index contributed by atoms with van der Waals surface area (Å²) in [4.78, 5) is 121. The average Bonchev–Trinajstić information content (AvgIpc) is 3.37. The quantitative estimate of drug-likeness (QED) is 0.0154. The maximum absolute atomic E-state index is 14.5. The van der Waals surface area contributed by atoms with Gasteiger partial charge in [-0.05, 0) is 83.5 Å². The summed E-state index contributed by atoms with van der Waals surface area (Å²) in [5.41, 5.74) is 71.8. The van der Waals surface area contributed by atoms with Gasteiger partial charge in [-0.25, -0.2) is 0 Å². The molecule has 456 valence electrons. The number of aliphatic imine (C=N–C) groups is 6. The third-order valence-electron chi connectivity index (χ3n) is 12.0. The van der Waals surface area contributed by atoms with Crippen molar-refractivity contribution in [3.05, 3.63) is 0 Å². The number of hydrogen-bond acceptors (Lipinski definition) is 13. The van der Waals surface area contributed by atoms with E-state index in [2.05, 4.69) is 68.8 Å². The smallest absolute Gasteiger partial charge is 0.243 e. The fourth-order valence-corrected chi connectivity index (χ4v) is 7.88. The number of carbonyl (C=O) groups is 7. The first-order valence-electron chi connectivity index (χ1n) is 27.4. The topological polar surface area (TPSA) is 604 Å². The fraction of sp³-hybridized carbons (Fsp3) is 0.729. The van der Waals surface area contributed by atoms with Crippen LogP contribution in [0.25, 0.3) is 0 Å². The molecule has 0 heterocycles. The van der Waals surface area contributed by atoms with Gasteiger partial charge in [-0.3, -0.25) is 63.5 Å². The van der Waals surface area contributed by atoms with Crippen LogP contribution in [0.1, 0.15) is 148 Å². The summed E-state index contributed by atoms with van der Waals surface area (Å²) in [6, 6.07) is -7.77. The third-order valence-corrected chi connectivity index (χ3v) is 12.0. The summed E-state index contributed by atoms with van der Waals surface area (Å²) >= 11 is 0. The van der Waals surface area contributed by atoms with E-state index in [9.17, 15) is 33.6 Å². The fourth-order valence-electron chi connectivity index (χ4n) is 7.88. The molecule has 0 saturated carbocycles. The molecular weight excluding hydrogens is 1040 g/mol. The van der Waals surface area contributed by atoms with E-state index in [1.807, 2.05) is 0 Å². The number of guanidine groups is 6. The summed E-state index contributed by atoms with van der Waals surface area (Å²) in [5, 5.41) is 16.2. The summed E-state index contributed by atoms with van der Waals surface area (Å²) in [6.45, 7) is 2.63. The van der Waals surface area contributed by atoms with Crippen LogP contribution in [0.5, 0.6) is 0 Å². The van der Waals surface area contributed by atoms with Crippen LogP contribution in [-0.4, -0.2) is 153 Å². The van der Waals surface area contributed by atoms with E-state index in [0.717, 1.165) is 25.7 Å². The molecule has 32 nitrogen and oxygen atoms in total. The maximum atomic E-state index is 14.5. The largest absolute Gasteiger partial charge is 0.370 e. The second kappa shape index (κ2) is 43.8. The minimum absolute atomic E-state index is 0.0272. The Kier molecular flexibility index (Phi) is 39.4. The van der Waals surface area contributed by atoms with Crippen LogP contribution < -0.4 is 106 Å². The number of rotatable bonds is 46. The zero-order valence-electron chi connectivity index (χ0n) is 46.8. The van der Waals surface area contributed by atoms with Crippen molar-refractivity contribution < 1.29 is 33.6 Å². The highest BCUT2D eigenvalue weighted by Gasteiger charge is 2.33. The Morgan fingerprint density at radius 3 is 0.738 bits per heavy atom. The van der Waals surface area contributed by atoms with E-state index >= 15 is 0 Å². The van der Waals surface area contributed by atoms with Crippen molar-refractivity contribution in [3.8, 4) is 0 Å². The Balaban J connectivity index is 6.99. The molecule has 32 N–H and O–H groups in total. The molecule has 0 aliphatic rings. The predicted octanol–water partition coefficient (Wildman–Crippen LogP) is -5.38. The van der Waals surface area contributed by atoms with Crippen LogP contribution in [0.3, 0.4) is 0 Å². The van der Waals surface area contributed by atoms with Gasteiger partial charge in [0.2, 0.25) is 41.4 Å². The summed E-state index contributed by atoms with van der Waals surface area (Å²) in [5.74, 6) is -6.46. The van der Waals surface area contributed by atoms with Crippen molar-refractivity contribution in [2.45, 2.75) is 184 Å². The lowest BCUT2D eigenvalue weighted by Gasteiger charge is -2.27. The Morgan fingerprint density at radius 2 is 0.500 bits per heavy atom. The molecule has 0 saturated heterocycles. The maximum Gasteiger partial charge on any atom is 0.243 e. The van der Waals surface area contributed by atoms with Gasteiger partial charge in [-0.15, -0.1) is 0 Å². The first-order chi connectivity index (χ1) is 38.0. The van der Waals surface area contributed by atoms with Crippen molar-refractivity contribution in [3.63, 3.8) is 0 Å². The van der Waals surface area contributed by atoms with E-state index in [4.69, 9.17) is 74.5 Å². The Labute approximate surface area is 469 Å². The first kappa shape index (κ1) is 71.9. The highest BCUT2D eigenvalue weighted by atomic mass is 16.2. The van der Waals surface area contributed by atoms with Crippen molar-refractivity contribution >= 4 is 77.1 Å². The van der Waals surface area contributed by atoms with Gasteiger partial charge < -0.3 is 106 Å². The number of nitrogens with two attached hydrogens (primary N) is 13. The normalized spacial score (nSPS) is 12.9. The molecule has 32 heteroatoms. The Bertz CT molecular complexity index is 2040. The molecule has 0 aliphatic heterocycles. The van der Waals surface area contributed by atoms with Crippen LogP contribution in [0.4, 0.5) is 0 Å². The molecule has 0 radical (unpaired) electrons. The van der Waals surface area contributed by atoms with Crippen LogP contribution in [0.2, 0.25) is 0 Å². The van der Waals surface area contributed by atoms with Gasteiger partial charge in [0.15, 0.2) is 35.8 Å². The number of unbranched alkanes of at least 4 members (excludes halogenated alkanes) is 8. The molecule has 0 aliphatic carbocycles. The molecule has 6 atom stereocenters. The molecule has 0 fully saturated rings. The highest BCUT2D eigenvalue weighted by Crippen LogP contribution is 2.13. The van der Waals surface area contributed by atoms with Crippen molar-refractivity contribution in [1.29, 1.82) is 0 Å². The lowest BCUT2D eigenvalue weighted by molar-refractivity contribution is -0.135. The summed E-state index contributed by atoms with van der Waals surface area (Å²) in [6.07, 6.45) is 10.6. The molecular formula is C48H97N25O7. The van der Waals surface area contributed by atoms with Gasteiger partial charge in [0.1, 0.15) is 36.3 Å². The van der Waals surface area contributed by atoms with Crippen LogP contribution in [0, 0.1) is 0 Å².